The van der Waals surface area contributed by atoms with Gasteiger partial charge in [0.2, 0.25) is 5.91 Å². The highest BCUT2D eigenvalue weighted by atomic mass is 35.5. The van der Waals surface area contributed by atoms with Crippen LogP contribution < -0.4 is 5.32 Å². The van der Waals surface area contributed by atoms with Gasteiger partial charge in [0, 0.05) is 46.5 Å². The maximum absolute atomic E-state index is 12.6. The Hall–Kier alpha value is -3.56. The normalized spacial score (nSPS) is 11.2. The van der Waals surface area contributed by atoms with Crippen LogP contribution in [-0.4, -0.2) is 41.2 Å². The van der Waals surface area contributed by atoms with Crippen molar-refractivity contribution in [2.24, 2.45) is 7.05 Å². The molecule has 33 heavy (non-hydrogen) atoms. The molecule has 0 saturated carbocycles. The fourth-order valence-corrected chi connectivity index (χ4v) is 4.53. The molecule has 0 radical (unpaired) electrons. The number of thioether (sulfide) groups is 1. The number of carbonyl (C=O) groups excluding carboxylic acids is 1. The number of fused-ring (bicyclic) bond motifs is 1. The van der Waals surface area contributed by atoms with E-state index in [9.17, 15) is 4.79 Å². The topological polar surface area (TPSA) is 93.4 Å². The van der Waals surface area contributed by atoms with Crippen LogP contribution in [0, 0.1) is 6.92 Å². The van der Waals surface area contributed by atoms with E-state index >= 15 is 0 Å². The predicted octanol–water partition coefficient (Wildman–Crippen LogP) is 4.84. The van der Waals surface area contributed by atoms with Crippen LogP contribution in [-0.2, 0) is 11.8 Å². The number of carbonyl (C=O) groups is 1. The minimum Gasteiger partial charge on any atom is -0.360 e. The highest BCUT2D eigenvalue weighted by Gasteiger charge is 2.20. The molecule has 3 aromatic heterocycles. The number of hydrogen-bond donors (Lipinski definition) is 2. The Morgan fingerprint density at radius 1 is 1.15 bits per heavy atom. The van der Waals surface area contributed by atoms with Crippen LogP contribution in [0.1, 0.15) is 5.69 Å². The first-order valence-corrected chi connectivity index (χ1v) is 11.6. The summed E-state index contributed by atoms with van der Waals surface area (Å²) in [6, 6.07) is 17.3. The van der Waals surface area contributed by atoms with Gasteiger partial charge in [-0.05, 0) is 37.3 Å². The zero-order valence-electron chi connectivity index (χ0n) is 17.9. The van der Waals surface area contributed by atoms with Crippen molar-refractivity contribution in [2.45, 2.75) is 12.1 Å². The zero-order valence-corrected chi connectivity index (χ0v) is 19.5. The minimum atomic E-state index is -0.151. The highest BCUT2D eigenvalue weighted by Crippen LogP contribution is 2.32. The lowest BCUT2D eigenvalue weighted by atomic mass is 10.1. The van der Waals surface area contributed by atoms with Crippen LogP contribution in [0.25, 0.3) is 28.0 Å². The fourth-order valence-electron chi connectivity index (χ4n) is 3.65. The largest absolute Gasteiger partial charge is 0.360 e. The van der Waals surface area contributed by atoms with Crippen molar-refractivity contribution >= 4 is 46.0 Å². The number of halogens is 1. The number of benzene rings is 2. The first-order valence-electron chi connectivity index (χ1n) is 10.2. The summed E-state index contributed by atoms with van der Waals surface area (Å²) in [6.07, 6.45) is 1.92. The van der Waals surface area contributed by atoms with Gasteiger partial charge >= 0.3 is 0 Å². The Morgan fingerprint density at radius 3 is 2.70 bits per heavy atom. The molecule has 2 aromatic carbocycles. The molecule has 0 saturated heterocycles. The van der Waals surface area contributed by atoms with E-state index in [1.807, 2.05) is 72.3 Å². The number of nitrogens with zero attached hydrogens (tertiary/aromatic N) is 5. The average molecular weight is 478 g/mol. The quantitative estimate of drug-likeness (QED) is 0.341. The number of anilines is 1. The van der Waals surface area contributed by atoms with Gasteiger partial charge < -0.3 is 10.3 Å². The van der Waals surface area contributed by atoms with E-state index in [0.717, 1.165) is 27.8 Å². The smallest absolute Gasteiger partial charge is 0.235 e. The summed E-state index contributed by atoms with van der Waals surface area (Å²) in [5.74, 6) is 1.35. The number of H-pyrrole nitrogens is 1. The third kappa shape index (κ3) is 4.24. The summed E-state index contributed by atoms with van der Waals surface area (Å²) in [6.45, 7) is 1.88. The Kier molecular flexibility index (Phi) is 5.65. The number of nitrogens with one attached hydrogen (secondary N) is 2. The fraction of sp³-hybridized carbons (Fsp3) is 0.130. The molecule has 1 amide bonds. The second-order valence-electron chi connectivity index (χ2n) is 7.50. The second kappa shape index (κ2) is 8.76. The van der Waals surface area contributed by atoms with Crippen molar-refractivity contribution in [1.29, 1.82) is 0 Å². The third-order valence-corrected chi connectivity index (χ3v) is 6.33. The van der Waals surface area contributed by atoms with Crippen LogP contribution in [0.5, 0.6) is 0 Å². The molecule has 0 aliphatic carbocycles. The Morgan fingerprint density at radius 2 is 1.94 bits per heavy atom. The van der Waals surface area contributed by atoms with E-state index in [-0.39, 0.29) is 11.7 Å². The lowest BCUT2D eigenvalue weighted by Gasteiger charge is -2.10. The van der Waals surface area contributed by atoms with Gasteiger partial charge in [-0.3, -0.25) is 14.0 Å². The monoisotopic (exact) mass is 477 g/mol. The van der Waals surface area contributed by atoms with E-state index < -0.39 is 0 Å². The first-order chi connectivity index (χ1) is 16.0. The molecule has 0 unspecified atom stereocenters. The summed E-state index contributed by atoms with van der Waals surface area (Å²) in [5.41, 5.74) is 3.63. The molecule has 3 heterocycles. The molecule has 0 bridgehead atoms. The van der Waals surface area contributed by atoms with Crippen molar-refractivity contribution in [2.75, 3.05) is 11.1 Å². The minimum absolute atomic E-state index is 0.151. The van der Waals surface area contributed by atoms with Gasteiger partial charge in [-0.25, -0.2) is 0 Å². The van der Waals surface area contributed by atoms with Crippen LogP contribution in [0.15, 0.2) is 66.0 Å². The molecule has 0 spiro atoms. The molecule has 5 aromatic rings. The lowest BCUT2D eigenvalue weighted by Crippen LogP contribution is -2.16. The van der Waals surface area contributed by atoms with Crippen LogP contribution in [0.3, 0.4) is 0 Å². The van der Waals surface area contributed by atoms with Crippen LogP contribution in [0.2, 0.25) is 5.02 Å². The van der Waals surface area contributed by atoms with Gasteiger partial charge in [0.1, 0.15) is 5.82 Å². The van der Waals surface area contributed by atoms with Gasteiger partial charge in [-0.1, -0.05) is 41.6 Å². The number of rotatable bonds is 6. The van der Waals surface area contributed by atoms with Crippen molar-refractivity contribution in [1.82, 2.24) is 29.5 Å². The molecule has 166 valence electrons. The number of aromatic amines is 1. The number of aryl methyl sites for hydroxylation is 2. The number of aromatic nitrogens is 6. The highest BCUT2D eigenvalue weighted by molar-refractivity contribution is 7.99. The van der Waals surface area contributed by atoms with Gasteiger partial charge in [0.25, 0.3) is 0 Å². The second-order valence-corrected chi connectivity index (χ2v) is 8.88. The third-order valence-electron chi connectivity index (χ3n) is 5.15. The molecular weight excluding hydrogens is 458 g/mol. The Labute approximate surface area is 199 Å². The first kappa shape index (κ1) is 21.3. The molecule has 0 fully saturated rings. The lowest BCUT2D eigenvalue weighted by molar-refractivity contribution is -0.113. The summed E-state index contributed by atoms with van der Waals surface area (Å²) in [5, 5.41) is 18.3. The summed E-state index contributed by atoms with van der Waals surface area (Å²) in [7, 11) is 1.79. The summed E-state index contributed by atoms with van der Waals surface area (Å²) >= 11 is 7.43. The number of hydrogen-bond acceptors (Lipinski definition) is 5. The van der Waals surface area contributed by atoms with E-state index in [4.69, 9.17) is 11.6 Å². The average Bonchev–Trinajstić information content (AvgIpc) is 3.49. The Balaban J connectivity index is 1.48. The maximum Gasteiger partial charge on any atom is 0.235 e. The van der Waals surface area contributed by atoms with Gasteiger partial charge in [-0.2, -0.15) is 5.10 Å². The predicted molar refractivity (Wildman–Crippen MR) is 131 cm³/mol. The molecule has 0 aliphatic rings. The van der Waals surface area contributed by atoms with E-state index in [1.165, 1.54) is 11.8 Å². The maximum atomic E-state index is 12.6. The zero-order chi connectivity index (χ0) is 22.9. The number of amides is 1. The van der Waals surface area contributed by atoms with E-state index in [0.29, 0.717) is 21.8 Å². The molecule has 0 aliphatic heterocycles. The Bertz CT molecular complexity index is 1450. The molecule has 2 N–H and O–H groups in total. The van der Waals surface area contributed by atoms with Crippen molar-refractivity contribution in [3.05, 3.63) is 71.5 Å². The molecule has 5 rings (SSSR count). The van der Waals surface area contributed by atoms with E-state index in [2.05, 4.69) is 25.6 Å². The number of para-hydroxylation sites is 1. The molecule has 10 heteroatoms. The molecule has 8 nitrogen and oxygen atoms in total. The van der Waals surface area contributed by atoms with E-state index in [1.54, 1.807) is 11.7 Å². The summed E-state index contributed by atoms with van der Waals surface area (Å²) in [4.78, 5) is 15.9. The summed E-state index contributed by atoms with van der Waals surface area (Å²) < 4.78 is 3.58. The molecule has 0 atom stereocenters. The standard InChI is InChI=1S/C23H20ClN7OS/c1-14-11-20(30(2)29-14)26-21(32)13-33-23-28-27-22(31(23)16-9-7-15(24)8-10-16)18-12-25-19-6-4-3-5-17(18)19/h3-12,25H,13H2,1-2H3,(H,26,32). The van der Waals surface area contributed by atoms with Crippen molar-refractivity contribution < 1.29 is 4.79 Å². The van der Waals surface area contributed by atoms with Crippen molar-refractivity contribution in [3.8, 4) is 17.1 Å². The van der Waals surface area contributed by atoms with Crippen LogP contribution >= 0.6 is 23.4 Å². The SMILES string of the molecule is Cc1cc(NC(=O)CSc2nnc(-c3c[nH]c4ccccc34)n2-c2ccc(Cl)cc2)n(C)n1. The van der Waals surface area contributed by atoms with Crippen molar-refractivity contribution in [3.63, 3.8) is 0 Å². The van der Waals surface area contributed by atoms with Gasteiger partial charge in [-0.15, -0.1) is 10.2 Å². The van der Waals surface area contributed by atoms with Gasteiger partial charge in [0.15, 0.2) is 11.0 Å². The molecular formula is C23H20ClN7OS. The van der Waals surface area contributed by atoms with Crippen LogP contribution in [0.4, 0.5) is 5.82 Å². The van der Waals surface area contributed by atoms with Gasteiger partial charge in [0.05, 0.1) is 11.4 Å².